The number of nitrogens with one attached hydrogen (secondary N) is 1. The highest BCUT2D eigenvalue weighted by Gasteiger charge is 2.57. The molecule has 0 saturated carbocycles. The zero-order valence-corrected chi connectivity index (χ0v) is 42.7. The van der Waals surface area contributed by atoms with Crippen molar-refractivity contribution in [1.29, 1.82) is 0 Å². The number of ketones is 1. The highest BCUT2D eigenvalue weighted by atomic mass is 19.4. The van der Waals surface area contributed by atoms with Crippen molar-refractivity contribution in [3.63, 3.8) is 0 Å². The third-order valence-corrected chi connectivity index (χ3v) is 12.5. The summed E-state index contributed by atoms with van der Waals surface area (Å²) >= 11 is 0. The second kappa shape index (κ2) is 26.6. The molecule has 12 rings (SSSR count). The summed E-state index contributed by atoms with van der Waals surface area (Å²) in [6.45, 7) is 4.30. The number of aromatic nitrogens is 11. The number of carbonyl (C=O) groups is 2. The summed E-state index contributed by atoms with van der Waals surface area (Å²) in [5.74, 6) is 1.55. The molecular weight excluding hydrogens is 998 g/mol. The number of amides is 1. The summed E-state index contributed by atoms with van der Waals surface area (Å²) in [6, 6.07) is 39.2. The van der Waals surface area contributed by atoms with E-state index in [-0.39, 0.29) is 18.9 Å². The number of imidazole rings is 3. The van der Waals surface area contributed by atoms with E-state index < -0.39 is 17.7 Å². The van der Waals surface area contributed by atoms with Crippen LogP contribution in [0, 0.1) is 0 Å². The van der Waals surface area contributed by atoms with E-state index in [9.17, 15) is 27.9 Å². The van der Waals surface area contributed by atoms with Crippen molar-refractivity contribution in [2.75, 3.05) is 13.1 Å². The van der Waals surface area contributed by atoms with E-state index in [1.54, 1.807) is 55.8 Å². The number of fused-ring (bicyclic) bond motifs is 3. The summed E-state index contributed by atoms with van der Waals surface area (Å²) in [4.78, 5) is 57.9. The molecule has 2 aliphatic rings. The van der Waals surface area contributed by atoms with Crippen molar-refractivity contribution in [3.05, 3.63) is 224 Å². The molecule has 10 aromatic rings. The maximum absolute atomic E-state index is 12.8. The normalized spacial score (nSPS) is 13.2. The molecule has 0 radical (unpaired) electrons. The first kappa shape index (κ1) is 55.1. The Labute approximate surface area is 448 Å². The zero-order valence-electron chi connectivity index (χ0n) is 42.7. The van der Waals surface area contributed by atoms with Gasteiger partial charge in [-0.2, -0.15) is 13.2 Å². The van der Waals surface area contributed by atoms with Gasteiger partial charge in [0.15, 0.2) is 5.78 Å². The molecule has 78 heavy (non-hydrogen) atoms. The summed E-state index contributed by atoms with van der Waals surface area (Å²) < 4.78 is 44.7. The molecule has 4 aromatic carbocycles. The monoisotopic (exact) mass is 1050 g/mol. The zero-order chi connectivity index (χ0) is 54.7. The number of alkyl halides is 3. The van der Waals surface area contributed by atoms with Gasteiger partial charge in [-0.25, -0.2) is 15.0 Å². The Balaban J connectivity index is 0.000000133. The molecule has 4 N–H and O–H groups in total. The van der Waals surface area contributed by atoms with Crippen molar-refractivity contribution in [3.8, 4) is 34.2 Å². The molecule has 20 heteroatoms. The number of nitrogens with zero attached hydrogens (tertiary/aromatic N) is 12. The van der Waals surface area contributed by atoms with Gasteiger partial charge in [0.1, 0.15) is 17.5 Å². The van der Waals surface area contributed by atoms with Gasteiger partial charge in [0, 0.05) is 118 Å². The van der Waals surface area contributed by atoms with Crippen LogP contribution in [-0.2, 0) is 43.9 Å². The number of carbonyl (C=O) groups excluding carboxylic acids is 2. The molecule has 398 valence electrons. The Kier molecular flexibility index (Phi) is 18.8. The smallest absolute Gasteiger partial charge is 0.373 e. The lowest BCUT2D eigenvalue weighted by molar-refractivity contribution is -0.250. The number of halogens is 3. The predicted molar refractivity (Wildman–Crippen MR) is 289 cm³/mol. The Morgan fingerprint density at radius 1 is 0.603 bits per heavy atom. The van der Waals surface area contributed by atoms with Crippen LogP contribution in [0.4, 0.5) is 13.2 Å². The molecule has 6 aromatic heterocycles. The van der Waals surface area contributed by atoms with Gasteiger partial charge in [-0.3, -0.25) is 38.9 Å². The number of aryl methyl sites for hydroxylation is 1. The molecule has 0 saturated heterocycles. The number of hydrogen-bond acceptors (Lipinski definition) is 13. The summed E-state index contributed by atoms with van der Waals surface area (Å²) in [6.07, 6.45) is 16.8. The van der Waals surface area contributed by atoms with Crippen LogP contribution in [0.1, 0.15) is 46.5 Å². The van der Waals surface area contributed by atoms with Crippen LogP contribution in [0.2, 0.25) is 0 Å². The molecule has 0 unspecified atom stereocenters. The molecule has 1 atom stereocenters. The van der Waals surface area contributed by atoms with E-state index in [1.807, 2.05) is 112 Å². The van der Waals surface area contributed by atoms with Gasteiger partial charge < -0.3 is 30.2 Å². The van der Waals surface area contributed by atoms with E-state index in [2.05, 4.69) is 86.2 Å². The van der Waals surface area contributed by atoms with Crippen LogP contribution in [0.3, 0.4) is 0 Å². The van der Waals surface area contributed by atoms with Gasteiger partial charge in [-0.15, -0.1) is 0 Å². The lowest BCUT2D eigenvalue weighted by atomic mass is 10.0. The number of rotatable bonds is 9. The Bertz CT molecular complexity index is 3440. The fraction of sp³-hybridized carbons (Fsp3) is 0.207. The molecule has 0 bridgehead atoms. The van der Waals surface area contributed by atoms with Gasteiger partial charge in [0.25, 0.3) is 5.91 Å². The molecule has 0 fully saturated rings. The van der Waals surface area contributed by atoms with Gasteiger partial charge >= 0.3 is 6.18 Å². The minimum Gasteiger partial charge on any atom is -0.373 e. The Hall–Kier alpha value is -9.11. The highest BCUT2D eigenvalue weighted by Crippen LogP contribution is 2.33. The molecule has 2 aliphatic heterocycles. The van der Waals surface area contributed by atoms with E-state index in [4.69, 9.17) is 5.73 Å². The Morgan fingerprint density at radius 3 is 1.68 bits per heavy atom. The van der Waals surface area contributed by atoms with E-state index in [0.717, 1.165) is 69.8 Å². The summed E-state index contributed by atoms with van der Waals surface area (Å²) in [7, 11) is 0. The second-order valence-electron chi connectivity index (χ2n) is 17.9. The van der Waals surface area contributed by atoms with Crippen molar-refractivity contribution in [2.45, 2.75) is 64.3 Å². The first-order valence-corrected chi connectivity index (χ1v) is 25.0. The van der Waals surface area contributed by atoms with E-state index in [1.165, 1.54) is 11.3 Å². The number of Topliss-reactive ketones (excluding diaryl/α,β-unsaturated/α-hetero) is 1. The maximum Gasteiger partial charge on any atom is 0.426 e. The van der Waals surface area contributed by atoms with E-state index >= 15 is 0 Å². The fourth-order valence-corrected chi connectivity index (χ4v) is 8.28. The topological polar surface area (TPSA) is 213 Å². The van der Waals surface area contributed by atoms with Crippen LogP contribution in [0.5, 0.6) is 0 Å². The average Bonchev–Trinajstić information content (AvgIpc) is 4.28. The number of hydrogen-bond donors (Lipinski definition) is 3. The van der Waals surface area contributed by atoms with Crippen LogP contribution in [0.25, 0.3) is 39.7 Å². The standard InChI is InChI=1S/C16H16F3N3O2.C13H12N2O.C12H13N3.C12H9N3.C5H7N3/c1-15(24,16(17,18)19)14(23)21-7-8-22-12(10-21)9-20-13(22)11-5-3-2-4-6-11;16-13(11-4-2-1-3-5-11)7-6-12-10-14-8-9-15-12;2*1-2-4-10(5-3-1)12-14-9-11-8-13-6-7-15(11)12;6-3-5-4-7-1-2-8-5/h2-6,9,24H,7-8,10H2,1H3;1-5,8-10H,6-7H2;1-5,9,13H,6-8H2;1-9H;1-2,4H,3,6H2/t15-;;;;/m1..../s1. The fourth-order valence-electron chi connectivity index (χ4n) is 8.28. The van der Waals surface area contributed by atoms with Crippen molar-refractivity contribution >= 4 is 17.2 Å². The van der Waals surface area contributed by atoms with Gasteiger partial charge in [0.05, 0.1) is 59.6 Å². The van der Waals surface area contributed by atoms with Crippen LogP contribution < -0.4 is 11.1 Å². The molecular formula is C58H57F3N14O3. The van der Waals surface area contributed by atoms with Crippen LogP contribution in [0.15, 0.2) is 196 Å². The molecule has 0 aliphatic carbocycles. The number of aliphatic hydroxyl groups is 1. The SMILES string of the molecule is C[C@@](O)(C(=O)N1CCn2c(cnc2-c2ccccc2)C1)C(F)(F)F.NCc1cnccn1.O=C(CCc1cnccn1)c1ccccc1.c1ccc(-c2ncc3cnccn23)cc1.c1ccc(-c2ncc3n2CCNC3)cc1. The molecule has 8 heterocycles. The van der Waals surface area contributed by atoms with E-state index in [0.29, 0.717) is 44.4 Å². The molecule has 1 amide bonds. The highest BCUT2D eigenvalue weighted by molar-refractivity contribution is 5.96. The first-order chi connectivity index (χ1) is 37.9. The third kappa shape index (κ3) is 14.2. The largest absolute Gasteiger partial charge is 0.426 e. The Morgan fingerprint density at radius 2 is 1.13 bits per heavy atom. The van der Waals surface area contributed by atoms with Gasteiger partial charge in [-0.1, -0.05) is 121 Å². The van der Waals surface area contributed by atoms with Crippen molar-refractivity contribution < 1.29 is 27.9 Å². The maximum atomic E-state index is 12.8. The van der Waals surface area contributed by atoms with Crippen molar-refractivity contribution in [1.82, 2.24) is 63.6 Å². The lowest BCUT2D eigenvalue weighted by Crippen LogP contribution is -2.57. The van der Waals surface area contributed by atoms with Crippen LogP contribution in [-0.4, -0.2) is 100.0 Å². The minimum atomic E-state index is -5.02. The average molecular weight is 1060 g/mol. The number of benzene rings is 4. The van der Waals surface area contributed by atoms with Gasteiger partial charge in [0.2, 0.25) is 5.60 Å². The van der Waals surface area contributed by atoms with Gasteiger partial charge in [-0.05, 0) is 13.3 Å². The van der Waals surface area contributed by atoms with Crippen molar-refractivity contribution in [2.24, 2.45) is 5.73 Å². The lowest BCUT2D eigenvalue weighted by Gasteiger charge is -2.35. The third-order valence-electron chi connectivity index (χ3n) is 12.5. The molecule has 0 spiro atoms. The predicted octanol–water partition coefficient (Wildman–Crippen LogP) is 8.48. The summed E-state index contributed by atoms with van der Waals surface area (Å²) in [5, 5.41) is 12.9. The molecule has 17 nitrogen and oxygen atoms in total. The number of nitrogens with two attached hydrogens (primary N) is 1. The first-order valence-electron chi connectivity index (χ1n) is 25.0. The summed E-state index contributed by atoms with van der Waals surface area (Å²) in [5.41, 5.74) is 10.4. The minimum absolute atomic E-state index is 0.0229. The second-order valence-corrected chi connectivity index (χ2v) is 17.9. The quantitative estimate of drug-likeness (QED) is 0.116. The van der Waals surface area contributed by atoms with Crippen LogP contribution >= 0.6 is 0 Å².